The second kappa shape index (κ2) is 7.01. The maximum absolute atomic E-state index is 10.9. The zero-order valence-electron chi connectivity index (χ0n) is 13.0. The summed E-state index contributed by atoms with van der Waals surface area (Å²) >= 11 is 0. The van der Waals surface area contributed by atoms with Crippen molar-refractivity contribution >= 4 is 22.6 Å². The van der Waals surface area contributed by atoms with Crippen LogP contribution in [0.2, 0.25) is 38.8 Å². The van der Waals surface area contributed by atoms with E-state index in [1.807, 2.05) is 0 Å². The van der Waals surface area contributed by atoms with Crippen LogP contribution >= 0.6 is 0 Å². The van der Waals surface area contributed by atoms with Crippen LogP contribution in [0.1, 0.15) is 19.3 Å². The lowest BCUT2D eigenvalue weighted by Crippen LogP contribution is -2.42. The zero-order chi connectivity index (χ0) is 14.5. The Labute approximate surface area is 119 Å². The third-order valence-corrected chi connectivity index (χ3v) is 9.14. The fourth-order valence-corrected chi connectivity index (χ4v) is 10.4. The van der Waals surface area contributed by atoms with Crippen molar-refractivity contribution in [3.05, 3.63) is 0 Å². The molecule has 1 heterocycles. The van der Waals surface area contributed by atoms with Crippen molar-refractivity contribution in [3.8, 4) is 0 Å². The summed E-state index contributed by atoms with van der Waals surface area (Å²) in [5, 5.41) is 0. The van der Waals surface area contributed by atoms with Gasteiger partial charge in [-0.15, -0.1) is 0 Å². The fourth-order valence-electron chi connectivity index (χ4n) is 2.39. The topological polar surface area (TPSA) is 44.8 Å². The minimum absolute atomic E-state index is 0.0176. The van der Waals surface area contributed by atoms with E-state index in [1.54, 1.807) is 0 Å². The second-order valence-corrected chi connectivity index (χ2v) is 15.9. The van der Waals surface area contributed by atoms with E-state index in [0.29, 0.717) is 13.0 Å². The standard InChI is InChI=1S/C13H28O4Si2/c1-18(2,3)17-19(4,5)10-6-9-15-11-12-7-8-13(14)16-12/h12H,6-11H2,1-5H3. The molecule has 0 aromatic rings. The summed E-state index contributed by atoms with van der Waals surface area (Å²) in [7, 11) is -2.96. The van der Waals surface area contributed by atoms with Crippen molar-refractivity contribution in [1.82, 2.24) is 0 Å². The first-order valence-electron chi connectivity index (χ1n) is 7.15. The Hall–Kier alpha value is -0.176. The van der Waals surface area contributed by atoms with Gasteiger partial charge in [-0.05, 0) is 51.6 Å². The van der Waals surface area contributed by atoms with Gasteiger partial charge in [0.1, 0.15) is 6.10 Å². The Balaban J connectivity index is 2.08. The van der Waals surface area contributed by atoms with Gasteiger partial charge in [-0.2, -0.15) is 0 Å². The number of rotatable bonds is 8. The maximum Gasteiger partial charge on any atom is 0.306 e. The number of cyclic esters (lactones) is 1. The number of carbonyl (C=O) groups is 1. The molecule has 112 valence electrons. The molecule has 0 amide bonds. The average Bonchev–Trinajstić information content (AvgIpc) is 2.59. The lowest BCUT2D eigenvalue weighted by atomic mass is 10.2. The maximum atomic E-state index is 10.9. The highest BCUT2D eigenvalue weighted by molar-refractivity contribution is 6.84. The molecule has 0 spiro atoms. The van der Waals surface area contributed by atoms with Crippen molar-refractivity contribution in [2.45, 2.75) is 64.1 Å². The SMILES string of the molecule is C[Si](C)(C)O[Si](C)(C)CCCOCC1CCC(=O)O1. The van der Waals surface area contributed by atoms with Crippen LogP contribution in [0.15, 0.2) is 0 Å². The number of esters is 1. The van der Waals surface area contributed by atoms with E-state index in [9.17, 15) is 4.79 Å². The minimum atomic E-state index is -1.53. The molecule has 0 radical (unpaired) electrons. The van der Waals surface area contributed by atoms with Gasteiger partial charge in [-0.3, -0.25) is 4.79 Å². The van der Waals surface area contributed by atoms with Crippen LogP contribution in [0.4, 0.5) is 0 Å². The molecule has 1 unspecified atom stereocenters. The van der Waals surface area contributed by atoms with Crippen molar-refractivity contribution < 1.29 is 18.4 Å². The first-order chi connectivity index (χ1) is 8.68. The summed E-state index contributed by atoms with van der Waals surface area (Å²) in [4.78, 5) is 10.9. The third-order valence-electron chi connectivity index (χ3n) is 2.92. The van der Waals surface area contributed by atoms with Crippen LogP contribution in [0.5, 0.6) is 0 Å². The molecule has 1 aliphatic heterocycles. The van der Waals surface area contributed by atoms with Gasteiger partial charge < -0.3 is 13.6 Å². The summed E-state index contributed by atoms with van der Waals surface area (Å²) < 4.78 is 17.0. The van der Waals surface area contributed by atoms with Crippen LogP contribution in [-0.2, 0) is 18.4 Å². The number of carbonyl (C=O) groups excluding carboxylic acids is 1. The molecule has 6 heteroatoms. The Morgan fingerprint density at radius 2 is 1.95 bits per heavy atom. The molecule has 1 aliphatic rings. The summed E-state index contributed by atoms with van der Waals surface area (Å²) in [5.74, 6) is -0.0920. The normalized spacial score (nSPS) is 20.7. The van der Waals surface area contributed by atoms with Crippen molar-refractivity contribution in [2.75, 3.05) is 13.2 Å². The summed E-state index contributed by atoms with van der Waals surface area (Å²) in [6, 6.07) is 1.13. The van der Waals surface area contributed by atoms with Crippen LogP contribution in [0, 0.1) is 0 Å². The number of ether oxygens (including phenoxy) is 2. The number of hydrogen-bond acceptors (Lipinski definition) is 4. The highest BCUT2D eigenvalue weighted by atomic mass is 28.4. The van der Waals surface area contributed by atoms with Crippen LogP contribution in [-0.4, -0.2) is 41.9 Å². The van der Waals surface area contributed by atoms with Gasteiger partial charge in [0, 0.05) is 13.0 Å². The highest BCUT2D eigenvalue weighted by Gasteiger charge is 2.29. The predicted molar refractivity (Wildman–Crippen MR) is 81.3 cm³/mol. The van der Waals surface area contributed by atoms with E-state index in [0.717, 1.165) is 25.5 Å². The Morgan fingerprint density at radius 1 is 1.26 bits per heavy atom. The van der Waals surface area contributed by atoms with Gasteiger partial charge in [-0.1, -0.05) is 0 Å². The van der Waals surface area contributed by atoms with Gasteiger partial charge in [0.05, 0.1) is 6.61 Å². The van der Waals surface area contributed by atoms with Gasteiger partial charge in [0.25, 0.3) is 0 Å². The minimum Gasteiger partial charge on any atom is -0.460 e. The first kappa shape index (κ1) is 16.9. The van der Waals surface area contributed by atoms with E-state index < -0.39 is 16.6 Å². The van der Waals surface area contributed by atoms with Crippen molar-refractivity contribution in [1.29, 1.82) is 0 Å². The molecule has 0 aliphatic carbocycles. The smallest absolute Gasteiger partial charge is 0.306 e. The van der Waals surface area contributed by atoms with Gasteiger partial charge >= 0.3 is 5.97 Å². The second-order valence-electron chi connectivity index (χ2n) is 6.80. The van der Waals surface area contributed by atoms with Crippen LogP contribution in [0.25, 0.3) is 0 Å². The molecule has 1 rings (SSSR count). The molecule has 1 fully saturated rings. The average molecular weight is 305 g/mol. The Kier molecular flexibility index (Phi) is 6.23. The Bertz CT molecular complexity index is 300. The molecular weight excluding hydrogens is 276 g/mol. The number of hydrogen-bond donors (Lipinski definition) is 0. The fraction of sp³-hybridized carbons (Fsp3) is 0.923. The van der Waals surface area contributed by atoms with E-state index in [4.69, 9.17) is 13.6 Å². The molecule has 0 saturated carbocycles. The third kappa shape index (κ3) is 7.86. The molecule has 0 N–H and O–H groups in total. The van der Waals surface area contributed by atoms with Gasteiger partial charge in [0.15, 0.2) is 16.6 Å². The summed E-state index contributed by atoms with van der Waals surface area (Å²) in [5.41, 5.74) is 0. The molecular formula is C13H28O4Si2. The predicted octanol–water partition coefficient (Wildman–Crippen LogP) is 3.16. The lowest BCUT2D eigenvalue weighted by molar-refractivity contribution is -0.143. The quantitative estimate of drug-likeness (QED) is 0.392. The lowest BCUT2D eigenvalue weighted by Gasteiger charge is -2.31. The van der Waals surface area contributed by atoms with Gasteiger partial charge in [-0.25, -0.2) is 0 Å². The van der Waals surface area contributed by atoms with E-state index in [-0.39, 0.29) is 12.1 Å². The van der Waals surface area contributed by atoms with E-state index >= 15 is 0 Å². The molecule has 0 aromatic carbocycles. The van der Waals surface area contributed by atoms with Crippen molar-refractivity contribution in [3.63, 3.8) is 0 Å². The van der Waals surface area contributed by atoms with Crippen LogP contribution < -0.4 is 0 Å². The monoisotopic (exact) mass is 304 g/mol. The summed E-state index contributed by atoms with van der Waals surface area (Å²) in [6.45, 7) is 12.6. The summed E-state index contributed by atoms with van der Waals surface area (Å²) in [6.07, 6.45) is 2.36. The molecule has 1 atom stereocenters. The molecule has 4 nitrogen and oxygen atoms in total. The zero-order valence-corrected chi connectivity index (χ0v) is 15.0. The Morgan fingerprint density at radius 3 is 2.47 bits per heavy atom. The van der Waals surface area contributed by atoms with E-state index in [2.05, 4.69) is 32.7 Å². The largest absolute Gasteiger partial charge is 0.460 e. The van der Waals surface area contributed by atoms with Crippen LogP contribution in [0.3, 0.4) is 0 Å². The molecule has 0 aromatic heterocycles. The molecule has 1 saturated heterocycles. The van der Waals surface area contributed by atoms with E-state index in [1.165, 1.54) is 0 Å². The molecule has 19 heavy (non-hydrogen) atoms. The first-order valence-corrected chi connectivity index (χ1v) is 13.7. The van der Waals surface area contributed by atoms with Gasteiger partial charge in [0.2, 0.25) is 0 Å². The van der Waals surface area contributed by atoms with Crippen molar-refractivity contribution in [2.24, 2.45) is 0 Å². The molecule has 0 bridgehead atoms. The highest BCUT2D eigenvalue weighted by Crippen LogP contribution is 2.20.